The van der Waals surface area contributed by atoms with Crippen LogP contribution in [0.2, 0.25) is 10.0 Å². The maximum atomic E-state index is 11.9. The van der Waals surface area contributed by atoms with Crippen LogP contribution in [0.25, 0.3) is 0 Å². The summed E-state index contributed by atoms with van der Waals surface area (Å²) in [6, 6.07) is 8.84. The first-order valence-electron chi connectivity index (χ1n) is 8.11. The van der Waals surface area contributed by atoms with Crippen molar-refractivity contribution in [3.05, 3.63) is 73.4 Å². The molecule has 0 fully saturated rings. The number of nitrogens with two attached hydrogens (primary N) is 1. The summed E-state index contributed by atoms with van der Waals surface area (Å²) >= 11 is 12.0. The molecule has 0 saturated carbocycles. The van der Waals surface area contributed by atoms with Gasteiger partial charge in [0.2, 0.25) is 11.5 Å². The molecule has 1 aromatic heterocycles. The Morgan fingerprint density at radius 2 is 2.10 bits per heavy atom. The standard InChI is InChI=1S/C17H12Cl2N6O5/c18-11-2-1-9(13(19)6-11)8-29-14-4-3-12(25(27)28)5-10(14)7-21-22-17(26)15-16(20)24-30-23-15/h1-7H,8H2,(H2,20,24)(H,22,26). The van der Waals surface area contributed by atoms with Crippen molar-refractivity contribution >= 4 is 46.8 Å². The van der Waals surface area contributed by atoms with Crippen LogP contribution in [-0.2, 0) is 6.61 Å². The van der Waals surface area contributed by atoms with Gasteiger partial charge in [-0.3, -0.25) is 14.9 Å². The number of nitro groups is 1. The lowest BCUT2D eigenvalue weighted by Crippen LogP contribution is -2.19. The van der Waals surface area contributed by atoms with E-state index in [1.165, 1.54) is 24.4 Å². The molecule has 0 saturated heterocycles. The van der Waals surface area contributed by atoms with Crippen molar-refractivity contribution in [1.82, 2.24) is 15.7 Å². The predicted octanol–water partition coefficient (Wildman–Crippen LogP) is 3.21. The van der Waals surface area contributed by atoms with Crippen molar-refractivity contribution in [1.29, 1.82) is 0 Å². The number of nitro benzene ring substituents is 1. The first kappa shape index (κ1) is 21.0. The van der Waals surface area contributed by atoms with E-state index in [1.807, 2.05) is 0 Å². The number of hydrogen-bond acceptors (Lipinski definition) is 9. The largest absolute Gasteiger partial charge is 0.488 e. The second-order valence-electron chi connectivity index (χ2n) is 5.70. The molecule has 3 N–H and O–H groups in total. The maximum absolute atomic E-state index is 11.9. The SMILES string of the molecule is Nc1nonc1C(=O)NN=Cc1cc([N+](=O)[O-])ccc1OCc1ccc(Cl)cc1Cl. The Hall–Kier alpha value is -3.70. The van der Waals surface area contributed by atoms with Crippen LogP contribution in [0.1, 0.15) is 21.6 Å². The van der Waals surface area contributed by atoms with Gasteiger partial charge >= 0.3 is 0 Å². The fourth-order valence-corrected chi connectivity index (χ4v) is 2.71. The third kappa shape index (κ3) is 5.01. The Kier molecular flexibility index (Phi) is 6.45. The number of nitrogens with zero attached hydrogens (tertiary/aromatic N) is 4. The van der Waals surface area contributed by atoms with Gasteiger partial charge in [-0.15, -0.1) is 0 Å². The van der Waals surface area contributed by atoms with Crippen LogP contribution in [0.3, 0.4) is 0 Å². The number of anilines is 1. The molecule has 0 aliphatic heterocycles. The number of aromatic nitrogens is 2. The number of carbonyl (C=O) groups excluding carboxylic acids is 1. The number of hydrazone groups is 1. The Balaban J connectivity index is 1.78. The topological polar surface area (TPSA) is 159 Å². The number of carbonyl (C=O) groups is 1. The fraction of sp³-hybridized carbons (Fsp3) is 0.0588. The number of amides is 1. The molecule has 1 amide bonds. The number of ether oxygens (including phenoxy) is 1. The minimum Gasteiger partial charge on any atom is -0.488 e. The van der Waals surface area contributed by atoms with Crippen LogP contribution >= 0.6 is 23.2 Å². The number of hydrogen-bond donors (Lipinski definition) is 2. The van der Waals surface area contributed by atoms with Crippen LogP contribution in [0.5, 0.6) is 5.75 Å². The van der Waals surface area contributed by atoms with Crippen LogP contribution in [0.4, 0.5) is 11.5 Å². The van der Waals surface area contributed by atoms with E-state index >= 15 is 0 Å². The van der Waals surface area contributed by atoms with Crippen LogP contribution in [0.15, 0.2) is 46.1 Å². The van der Waals surface area contributed by atoms with Gasteiger partial charge in [0.25, 0.3) is 11.6 Å². The zero-order valence-electron chi connectivity index (χ0n) is 14.9. The number of benzene rings is 2. The quantitative estimate of drug-likeness (QED) is 0.315. The van der Waals surface area contributed by atoms with Gasteiger partial charge in [-0.2, -0.15) is 5.10 Å². The number of nitrogens with one attached hydrogen (secondary N) is 1. The summed E-state index contributed by atoms with van der Waals surface area (Å²) in [5.41, 5.74) is 8.04. The Morgan fingerprint density at radius 1 is 1.30 bits per heavy atom. The van der Waals surface area contributed by atoms with E-state index in [2.05, 4.69) is 25.5 Å². The van der Waals surface area contributed by atoms with E-state index in [9.17, 15) is 14.9 Å². The van der Waals surface area contributed by atoms with Crippen molar-refractivity contribution in [2.45, 2.75) is 6.61 Å². The minimum atomic E-state index is -0.772. The molecule has 2 aromatic carbocycles. The Bertz CT molecular complexity index is 1130. The molecule has 30 heavy (non-hydrogen) atoms. The van der Waals surface area contributed by atoms with Gasteiger partial charge in [0.15, 0.2) is 0 Å². The van der Waals surface area contributed by atoms with Gasteiger partial charge in [0, 0.05) is 33.3 Å². The lowest BCUT2D eigenvalue weighted by atomic mass is 10.2. The molecule has 3 rings (SSSR count). The fourth-order valence-electron chi connectivity index (χ4n) is 2.24. The van der Waals surface area contributed by atoms with Gasteiger partial charge in [0.1, 0.15) is 12.4 Å². The van der Waals surface area contributed by atoms with Crippen molar-refractivity contribution in [2.24, 2.45) is 5.10 Å². The highest BCUT2D eigenvalue weighted by atomic mass is 35.5. The lowest BCUT2D eigenvalue weighted by molar-refractivity contribution is -0.384. The molecule has 0 aliphatic carbocycles. The molecular formula is C17H12Cl2N6O5. The highest BCUT2D eigenvalue weighted by Crippen LogP contribution is 2.26. The van der Waals surface area contributed by atoms with Crippen LogP contribution < -0.4 is 15.9 Å². The van der Waals surface area contributed by atoms with Crippen molar-refractivity contribution in [2.75, 3.05) is 5.73 Å². The zero-order chi connectivity index (χ0) is 21.7. The normalized spacial score (nSPS) is 10.9. The minimum absolute atomic E-state index is 0.0716. The zero-order valence-corrected chi connectivity index (χ0v) is 16.4. The molecule has 11 nitrogen and oxygen atoms in total. The predicted molar refractivity (Wildman–Crippen MR) is 108 cm³/mol. The van der Waals surface area contributed by atoms with Crippen LogP contribution in [-0.4, -0.2) is 27.4 Å². The summed E-state index contributed by atoms with van der Waals surface area (Å²) < 4.78 is 10.0. The molecule has 0 aliphatic rings. The van der Waals surface area contributed by atoms with Gasteiger partial charge < -0.3 is 10.5 Å². The number of halogens is 2. The van der Waals surface area contributed by atoms with Gasteiger partial charge in [-0.05, 0) is 28.5 Å². The third-order valence-electron chi connectivity index (χ3n) is 3.70. The van der Waals surface area contributed by atoms with Crippen LogP contribution in [0, 0.1) is 10.1 Å². The lowest BCUT2D eigenvalue weighted by Gasteiger charge is -2.10. The molecule has 3 aromatic rings. The van der Waals surface area contributed by atoms with E-state index in [0.29, 0.717) is 15.6 Å². The first-order valence-corrected chi connectivity index (χ1v) is 8.87. The van der Waals surface area contributed by atoms with Gasteiger partial charge in [-0.25, -0.2) is 10.1 Å². The summed E-state index contributed by atoms with van der Waals surface area (Å²) in [4.78, 5) is 22.4. The summed E-state index contributed by atoms with van der Waals surface area (Å²) in [5.74, 6) is -0.708. The molecule has 1 heterocycles. The van der Waals surface area contributed by atoms with Crippen molar-refractivity contribution in [3.8, 4) is 5.75 Å². The van der Waals surface area contributed by atoms with E-state index in [1.54, 1.807) is 18.2 Å². The average molecular weight is 451 g/mol. The number of nitrogen functional groups attached to an aromatic ring is 1. The average Bonchev–Trinajstić information content (AvgIpc) is 3.13. The molecule has 0 unspecified atom stereocenters. The molecule has 0 spiro atoms. The molecule has 13 heteroatoms. The molecular weight excluding hydrogens is 439 g/mol. The summed E-state index contributed by atoms with van der Waals surface area (Å²) in [6.07, 6.45) is 1.17. The molecule has 154 valence electrons. The summed E-state index contributed by atoms with van der Waals surface area (Å²) in [6.45, 7) is 0.0716. The smallest absolute Gasteiger partial charge is 0.297 e. The second kappa shape index (κ2) is 9.20. The molecule has 0 atom stereocenters. The van der Waals surface area contributed by atoms with Gasteiger partial charge in [0.05, 0.1) is 11.1 Å². The first-order chi connectivity index (χ1) is 14.3. The summed E-state index contributed by atoms with van der Waals surface area (Å²) in [5, 5.41) is 22.3. The Labute approximate surface area is 178 Å². The van der Waals surface area contributed by atoms with E-state index in [0.717, 1.165) is 0 Å². The molecule has 0 bridgehead atoms. The maximum Gasteiger partial charge on any atom is 0.297 e. The van der Waals surface area contributed by atoms with E-state index in [4.69, 9.17) is 33.7 Å². The van der Waals surface area contributed by atoms with E-state index in [-0.39, 0.29) is 35.1 Å². The van der Waals surface area contributed by atoms with Crippen molar-refractivity contribution in [3.63, 3.8) is 0 Å². The number of rotatable bonds is 7. The summed E-state index contributed by atoms with van der Waals surface area (Å²) in [7, 11) is 0. The second-order valence-corrected chi connectivity index (χ2v) is 6.54. The monoisotopic (exact) mass is 450 g/mol. The Morgan fingerprint density at radius 3 is 2.77 bits per heavy atom. The highest BCUT2D eigenvalue weighted by Gasteiger charge is 2.16. The molecule has 0 radical (unpaired) electrons. The number of non-ortho nitro benzene ring substituents is 1. The van der Waals surface area contributed by atoms with Gasteiger partial charge in [-0.1, -0.05) is 29.3 Å². The highest BCUT2D eigenvalue weighted by molar-refractivity contribution is 6.35. The van der Waals surface area contributed by atoms with E-state index < -0.39 is 10.8 Å². The third-order valence-corrected chi connectivity index (χ3v) is 4.29. The van der Waals surface area contributed by atoms with Crippen molar-refractivity contribution < 1.29 is 19.1 Å².